The summed E-state index contributed by atoms with van der Waals surface area (Å²) in [5.41, 5.74) is 0. The Hall–Kier alpha value is 0.250. The summed E-state index contributed by atoms with van der Waals surface area (Å²) in [5, 5.41) is 0. The third-order valence-electron chi connectivity index (χ3n) is 5.26. The highest BCUT2D eigenvalue weighted by atomic mass is 35.5. The second-order valence-electron chi connectivity index (χ2n) is 7.79. The lowest BCUT2D eigenvalue weighted by Gasteiger charge is -2.24. The normalized spacial score (nSPS) is 12.4. The maximum atomic E-state index is 2.47. The highest BCUT2D eigenvalue weighted by Gasteiger charge is 2.10. The molecule has 148 valence electrons. The molecule has 2 heteroatoms. The molecule has 0 saturated heterocycles. The molecule has 0 heterocycles. The lowest BCUT2D eigenvalue weighted by Crippen LogP contribution is -2.27. The Morgan fingerprint density at radius 1 is 0.500 bits per heavy atom. The molecule has 1 nitrogen and oxygen atoms in total. The van der Waals surface area contributed by atoms with Crippen LogP contribution in [0.4, 0.5) is 0 Å². The van der Waals surface area contributed by atoms with Gasteiger partial charge in [-0.05, 0) is 26.9 Å². The zero-order chi connectivity index (χ0) is 17.2. The molecule has 0 aliphatic carbocycles. The van der Waals surface area contributed by atoms with Crippen molar-refractivity contribution in [3.63, 3.8) is 0 Å². The summed E-state index contributed by atoms with van der Waals surface area (Å²) < 4.78 is 0. The van der Waals surface area contributed by atoms with Gasteiger partial charge in [-0.2, -0.15) is 0 Å². The van der Waals surface area contributed by atoms with Gasteiger partial charge in [0.05, 0.1) is 0 Å². The zero-order valence-electron chi connectivity index (χ0n) is 17.5. The number of halogens is 1. The topological polar surface area (TPSA) is 3.24 Å². The van der Waals surface area contributed by atoms with Crippen molar-refractivity contribution < 1.29 is 0 Å². The molecule has 0 aliphatic rings. The molecule has 0 saturated carbocycles. The SMILES string of the molecule is CCCCCCCCCCCC(CCCCCCCC)N(C)C.Cl. The van der Waals surface area contributed by atoms with Gasteiger partial charge in [-0.1, -0.05) is 110 Å². The molecule has 0 aromatic heterocycles. The molecule has 0 N–H and O–H groups in total. The Labute approximate surface area is 160 Å². The highest BCUT2D eigenvalue weighted by molar-refractivity contribution is 5.85. The van der Waals surface area contributed by atoms with E-state index in [0.29, 0.717) is 0 Å². The van der Waals surface area contributed by atoms with Crippen LogP contribution in [-0.4, -0.2) is 25.0 Å². The van der Waals surface area contributed by atoms with Gasteiger partial charge < -0.3 is 4.90 Å². The van der Waals surface area contributed by atoms with Crippen molar-refractivity contribution in [1.82, 2.24) is 4.90 Å². The standard InChI is InChI=1S/C22H47N.ClH/c1-5-7-9-11-13-14-15-17-19-21-22(23(3)4)20-18-16-12-10-8-6-2;/h22H,5-21H2,1-4H3;1H. The van der Waals surface area contributed by atoms with Crippen molar-refractivity contribution >= 4 is 12.4 Å². The molecule has 0 amide bonds. The molecule has 0 radical (unpaired) electrons. The number of nitrogens with zero attached hydrogens (tertiary/aromatic N) is 1. The Morgan fingerprint density at radius 2 is 0.792 bits per heavy atom. The van der Waals surface area contributed by atoms with Crippen LogP contribution in [0, 0.1) is 0 Å². The van der Waals surface area contributed by atoms with E-state index in [4.69, 9.17) is 0 Å². The van der Waals surface area contributed by atoms with Gasteiger partial charge in [-0.25, -0.2) is 0 Å². The Balaban J connectivity index is 0. The smallest absolute Gasteiger partial charge is 0.00891 e. The van der Waals surface area contributed by atoms with Crippen molar-refractivity contribution in [2.45, 2.75) is 129 Å². The molecule has 0 aliphatic heterocycles. The first-order chi connectivity index (χ1) is 11.2. The summed E-state index contributed by atoms with van der Waals surface area (Å²) in [4.78, 5) is 2.47. The third-order valence-corrected chi connectivity index (χ3v) is 5.26. The van der Waals surface area contributed by atoms with Crippen LogP contribution in [0.15, 0.2) is 0 Å². The van der Waals surface area contributed by atoms with Crippen molar-refractivity contribution in [2.24, 2.45) is 0 Å². The predicted octanol–water partition coefficient (Wildman–Crippen LogP) is 8.01. The van der Waals surface area contributed by atoms with Gasteiger partial charge in [-0.3, -0.25) is 0 Å². The average Bonchev–Trinajstić information content (AvgIpc) is 2.54. The summed E-state index contributed by atoms with van der Waals surface area (Å²) >= 11 is 0. The van der Waals surface area contributed by atoms with Crippen LogP contribution >= 0.6 is 12.4 Å². The summed E-state index contributed by atoms with van der Waals surface area (Å²) in [7, 11) is 4.55. The lowest BCUT2D eigenvalue weighted by atomic mass is 9.99. The minimum atomic E-state index is 0. The molecule has 1 atom stereocenters. The van der Waals surface area contributed by atoms with Crippen molar-refractivity contribution in [3.05, 3.63) is 0 Å². The van der Waals surface area contributed by atoms with E-state index in [1.54, 1.807) is 0 Å². The van der Waals surface area contributed by atoms with Crippen molar-refractivity contribution in [3.8, 4) is 0 Å². The minimum Gasteiger partial charge on any atom is -0.306 e. The van der Waals surface area contributed by atoms with Gasteiger partial charge in [-0.15, -0.1) is 12.4 Å². The van der Waals surface area contributed by atoms with E-state index in [9.17, 15) is 0 Å². The fourth-order valence-corrected chi connectivity index (χ4v) is 3.51. The van der Waals surface area contributed by atoms with Crippen LogP contribution < -0.4 is 0 Å². The third kappa shape index (κ3) is 18.6. The molecule has 0 aromatic rings. The average molecular weight is 362 g/mol. The highest BCUT2D eigenvalue weighted by Crippen LogP contribution is 2.17. The minimum absolute atomic E-state index is 0. The van der Waals surface area contributed by atoms with E-state index in [-0.39, 0.29) is 12.4 Å². The van der Waals surface area contributed by atoms with Gasteiger partial charge in [0.2, 0.25) is 0 Å². The van der Waals surface area contributed by atoms with Crippen LogP contribution in [0.25, 0.3) is 0 Å². The summed E-state index contributed by atoms with van der Waals surface area (Å²) in [6.07, 6.45) is 24.4. The summed E-state index contributed by atoms with van der Waals surface area (Å²) in [5.74, 6) is 0. The Morgan fingerprint density at radius 3 is 1.08 bits per heavy atom. The quantitative estimate of drug-likeness (QED) is 0.223. The van der Waals surface area contributed by atoms with Gasteiger partial charge in [0, 0.05) is 6.04 Å². The molecule has 0 spiro atoms. The molecule has 24 heavy (non-hydrogen) atoms. The zero-order valence-corrected chi connectivity index (χ0v) is 18.3. The van der Waals surface area contributed by atoms with Crippen LogP contribution in [0.3, 0.4) is 0 Å². The molecule has 1 unspecified atom stereocenters. The predicted molar refractivity (Wildman–Crippen MR) is 115 cm³/mol. The molecule has 0 bridgehead atoms. The van der Waals surface area contributed by atoms with Crippen LogP contribution in [0.1, 0.15) is 123 Å². The van der Waals surface area contributed by atoms with Crippen molar-refractivity contribution in [1.29, 1.82) is 0 Å². The molecule has 0 aromatic carbocycles. The van der Waals surface area contributed by atoms with E-state index in [0.717, 1.165) is 6.04 Å². The van der Waals surface area contributed by atoms with Gasteiger partial charge >= 0.3 is 0 Å². The Bertz CT molecular complexity index is 218. The fourth-order valence-electron chi connectivity index (χ4n) is 3.51. The van der Waals surface area contributed by atoms with Crippen LogP contribution in [-0.2, 0) is 0 Å². The molecular formula is C22H48ClN. The maximum absolute atomic E-state index is 2.47. The monoisotopic (exact) mass is 361 g/mol. The second-order valence-corrected chi connectivity index (χ2v) is 7.79. The lowest BCUT2D eigenvalue weighted by molar-refractivity contribution is 0.251. The largest absolute Gasteiger partial charge is 0.306 e. The summed E-state index contributed by atoms with van der Waals surface area (Å²) in [6.45, 7) is 4.60. The number of hydrogen-bond acceptors (Lipinski definition) is 1. The summed E-state index contributed by atoms with van der Waals surface area (Å²) in [6, 6.07) is 0.825. The first-order valence-corrected chi connectivity index (χ1v) is 10.9. The van der Waals surface area contributed by atoms with Gasteiger partial charge in [0.15, 0.2) is 0 Å². The number of hydrogen-bond donors (Lipinski definition) is 0. The number of rotatable bonds is 18. The Kier molecular flexibility index (Phi) is 23.5. The van der Waals surface area contributed by atoms with Crippen LogP contribution in [0.2, 0.25) is 0 Å². The van der Waals surface area contributed by atoms with Gasteiger partial charge in [0.1, 0.15) is 0 Å². The number of unbranched alkanes of at least 4 members (excludes halogenated alkanes) is 13. The van der Waals surface area contributed by atoms with Gasteiger partial charge in [0.25, 0.3) is 0 Å². The van der Waals surface area contributed by atoms with Crippen LogP contribution in [0.5, 0.6) is 0 Å². The first kappa shape index (κ1) is 26.5. The van der Waals surface area contributed by atoms with E-state index in [1.807, 2.05) is 0 Å². The maximum Gasteiger partial charge on any atom is 0.00891 e. The molecule has 0 fully saturated rings. The first-order valence-electron chi connectivity index (χ1n) is 10.9. The molecular weight excluding hydrogens is 314 g/mol. The fraction of sp³-hybridized carbons (Fsp3) is 1.00. The van der Waals surface area contributed by atoms with Crippen molar-refractivity contribution in [2.75, 3.05) is 14.1 Å². The molecule has 0 rings (SSSR count). The van der Waals surface area contributed by atoms with E-state index < -0.39 is 0 Å². The van der Waals surface area contributed by atoms with E-state index in [2.05, 4.69) is 32.8 Å². The second kappa shape index (κ2) is 21.3. The van der Waals surface area contributed by atoms with E-state index in [1.165, 1.54) is 109 Å². The van der Waals surface area contributed by atoms with E-state index >= 15 is 0 Å².